The summed E-state index contributed by atoms with van der Waals surface area (Å²) in [5.74, 6) is 0.586. The zero-order valence-electron chi connectivity index (χ0n) is 14.1. The molecule has 0 unspecified atom stereocenters. The molecule has 1 heterocycles. The summed E-state index contributed by atoms with van der Waals surface area (Å²) in [6.45, 7) is 6.56. The minimum absolute atomic E-state index is 0.125. The number of aryl methyl sites for hydroxylation is 1. The average molecular weight is 323 g/mol. The quantitative estimate of drug-likeness (QED) is 0.692. The average Bonchev–Trinajstić information content (AvgIpc) is 2.56. The first-order valence-corrected chi connectivity index (χ1v) is 8.05. The van der Waals surface area contributed by atoms with E-state index in [9.17, 15) is 9.90 Å². The number of hydrogen-bond acceptors (Lipinski definition) is 4. The summed E-state index contributed by atoms with van der Waals surface area (Å²) in [4.78, 5) is 11.8. The maximum Gasteiger partial charge on any atom is 0.336 e. The third-order valence-corrected chi connectivity index (χ3v) is 4.25. The Labute approximate surface area is 140 Å². The molecule has 0 saturated carbocycles. The largest absolute Gasteiger partial charge is 0.508 e. The Morgan fingerprint density at radius 3 is 2.71 bits per heavy atom. The van der Waals surface area contributed by atoms with Crippen molar-refractivity contribution in [3.05, 3.63) is 69.6 Å². The van der Waals surface area contributed by atoms with Crippen LogP contribution in [-0.2, 0) is 6.54 Å². The SMILES string of the molecule is Cc1c(O)ccc2c(CNc3cccc(C(C)C)c3)cc(=O)oc12. The van der Waals surface area contributed by atoms with Gasteiger partial charge in [-0.15, -0.1) is 0 Å². The van der Waals surface area contributed by atoms with Crippen LogP contribution < -0.4 is 10.9 Å². The molecule has 1 aromatic heterocycles. The van der Waals surface area contributed by atoms with Gasteiger partial charge >= 0.3 is 5.63 Å². The van der Waals surface area contributed by atoms with Crippen molar-refractivity contribution in [2.45, 2.75) is 33.2 Å². The molecule has 0 bridgehead atoms. The Hall–Kier alpha value is -2.75. The van der Waals surface area contributed by atoms with Gasteiger partial charge in [0.25, 0.3) is 0 Å². The van der Waals surface area contributed by atoms with Crippen molar-refractivity contribution in [1.29, 1.82) is 0 Å². The number of nitrogens with one attached hydrogen (secondary N) is 1. The molecule has 3 rings (SSSR count). The van der Waals surface area contributed by atoms with E-state index in [1.807, 2.05) is 12.1 Å². The number of aromatic hydroxyl groups is 1. The van der Waals surface area contributed by atoms with Crippen LogP contribution in [0.2, 0.25) is 0 Å². The topological polar surface area (TPSA) is 62.5 Å². The Bertz CT molecular complexity index is 941. The molecule has 2 aromatic carbocycles. The van der Waals surface area contributed by atoms with Gasteiger partial charge in [0, 0.05) is 29.2 Å². The molecule has 124 valence electrons. The van der Waals surface area contributed by atoms with Gasteiger partial charge in [-0.3, -0.25) is 0 Å². The van der Waals surface area contributed by atoms with Gasteiger partial charge in [-0.2, -0.15) is 0 Å². The maximum absolute atomic E-state index is 11.8. The van der Waals surface area contributed by atoms with Gasteiger partial charge in [-0.05, 0) is 48.2 Å². The second kappa shape index (κ2) is 6.40. The molecule has 0 aliphatic rings. The van der Waals surface area contributed by atoms with Crippen molar-refractivity contribution in [2.24, 2.45) is 0 Å². The van der Waals surface area contributed by atoms with Gasteiger partial charge in [-0.1, -0.05) is 26.0 Å². The van der Waals surface area contributed by atoms with E-state index in [1.54, 1.807) is 19.1 Å². The van der Waals surface area contributed by atoms with Crippen LogP contribution in [0.25, 0.3) is 11.0 Å². The van der Waals surface area contributed by atoms with Crippen LogP contribution in [0, 0.1) is 6.92 Å². The van der Waals surface area contributed by atoms with E-state index in [0.29, 0.717) is 23.6 Å². The number of rotatable bonds is 4. The van der Waals surface area contributed by atoms with Crippen molar-refractivity contribution in [3.8, 4) is 5.75 Å². The molecule has 4 nitrogen and oxygen atoms in total. The number of anilines is 1. The minimum Gasteiger partial charge on any atom is -0.508 e. The molecule has 0 atom stereocenters. The van der Waals surface area contributed by atoms with Gasteiger partial charge in [0.2, 0.25) is 0 Å². The van der Waals surface area contributed by atoms with Crippen LogP contribution in [0.15, 0.2) is 51.7 Å². The molecule has 4 heteroatoms. The Kier molecular flexibility index (Phi) is 4.30. The molecule has 24 heavy (non-hydrogen) atoms. The lowest BCUT2D eigenvalue weighted by molar-refractivity contribution is 0.468. The van der Waals surface area contributed by atoms with Crippen LogP contribution in [0.1, 0.15) is 36.5 Å². The fourth-order valence-corrected chi connectivity index (χ4v) is 2.77. The highest BCUT2D eigenvalue weighted by molar-refractivity contribution is 5.85. The summed E-state index contributed by atoms with van der Waals surface area (Å²) in [6.07, 6.45) is 0. The molecule has 0 spiro atoms. The number of fused-ring (bicyclic) bond motifs is 1. The van der Waals surface area contributed by atoms with Crippen LogP contribution >= 0.6 is 0 Å². The van der Waals surface area contributed by atoms with E-state index in [1.165, 1.54) is 11.6 Å². The number of hydrogen-bond donors (Lipinski definition) is 2. The van der Waals surface area contributed by atoms with Crippen molar-refractivity contribution in [3.63, 3.8) is 0 Å². The van der Waals surface area contributed by atoms with Crippen LogP contribution in [-0.4, -0.2) is 5.11 Å². The molecule has 0 fully saturated rings. The van der Waals surface area contributed by atoms with Crippen molar-refractivity contribution in [1.82, 2.24) is 0 Å². The zero-order chi connectivity index (χ0) is 17.3. The lowest BCUT2D eigenvalue weighted by Gasteiger charge is -2.12. The van der Waals surface area contributed by atoms with Gasteiger partial charge in [0.15, 0.2) is 0 Å². The third kappa shape index (κ3) is 3.13. The predicted octanol–water partition coefficient (Wildman–Crippen LogP) is 4.54. The number of phenols is 1. The smallest absolute Gasteiger partial charge is 0.336 e. The first kappa shape index (κ1) is 16.1. The zero-order valence-corrected chi connectivity index (χ0v) is 14.1. The van der Waals surface area contributed by atoms with E-state index in [2.05, 4.69) is 31.3 Å². The molecule has 0 radical (unpaired) electrons. The summed E-state index contributed by atoms with van der Waals surface area (Å²) < 4.78 is 5.27. The van der Waals surface area contributed by atoms with Crippen LogP contribution in [0.5, 0.6) is 5.75 Å². The summed E-state index contributed by atoms with van der Waals surface area (Å²) in [5.41, 5.74) is 3.73. The Morgan fingerprint density at radius 2 is 1.96 bits per heavy atom. The predicted molar refractivity (Wildman–Crippen MR) is 96.7 cm³/mol. The number of benzene rings is 2. The maximum atomic E-state index is 11.8. The molecular weight excluding hydrogens is 302 g/mol. The Balaban J connectivity index is 1.95. The van der Waals surface area contributed by atoms with Gasteiger partial charge in [0.05, 0.1) is 0 Å². The van der Waals surface area contributed by atoms with E-state index in [-0.39, 0.29) is 5.75 Å². The molecular formula is C20H21NO3. The minimum atomic E-state index is -0.413. The number of phenolic OH excluding ortho intramolecular Hbond substituents is 1. The lowest BCUT2D eigenvalue weighted by atomic mass is 10.0. The van der Waals surface area contributed by atoms with E-state index >= 15 is 0 Å². The van der Waals surface area contributed by atoms with E-state index < -0.39 is 5.63 Å². The summed E-state index contributed by atoms with van der Waals surface area (Å²) in [5, 5.41) is 14.0. The third-order valence-electron chi connectivity index (χ3n) is 4.25. The molecule has 0 aliphatic heterocycles. The fourth-order valence-electron chi connectivity index (χ4n) is 2.77. The normalized spacial score (nSPS) is 11.2. The van der Waals surface area contributed by atoms with Crippen LogP contribution in [0.4, 0.5) is 5.69 Å². The van der Waals surface area contributed by atoms with E-state index in [0.717, 1.165) is 16.6 Å². The first-order chi connectivity index (χ1) is 11.5. The summed E-state index contributed by atoms with van der Waals surface area (Å²) in [7, 11) is 0. The summed E-state index contributed by atoms with van der Waals surface area (Å²) in [6, 6.07) is 13.2. The Morgan fingerprint density at radius 1 is 1.17 bits per heavy atom. The van der Waals surface area contributed by atoms with Gasteiger partial charge in [0.1, 0.15) is 11.3 Å². The van der Waals surface area contributed by atoms with Crippen molar-refractivity contribution >= 4 is 16.7 Å². The van der Waals surface area contributed by atoms with Gasteiger partial charge < -0.3 is 14.8 Å². The second-order valence-corrected chi connectivity index (χ2v) is 6.31. The molecule has 0 amide bonds. The highest BCUT2D eigenvalue weighted by Crippen LogP contribution is 2.28. The molecule has 0 aliphatic carbocycles. The lowest BCUT2D eigenvalue weighted by Crippen LogP contribution is -2.06. The molecule has 0 saturated heterocycles. The molecule has 3 aromatic rings. The fraction of sp³-hybridized carbons (Fsp3) is 0.250. The monoisotopic (exact) mass is 323 g/mol. The molecule has 2 N–H and O–H groups in total. The van der Waals surface area contributed by atoms with Gasteiger partial charge in [-0.25, -0.2) is 4.79 Å². The van der Waals surface area contributed by atoms with Crippen molar-refractivity contribution in [2.75, 3.05) is 5.32 Å². The van der Waals surface area contributed by atoms with Crippen molar-refractivity contribution < 1.29 is 9.52 Å². The highest BCUT2D eigenvalue weighted by Gasteiger charge is 2.10. The summed E-state index contributed by atoms with van der Waals surface area (Å²) >= 11 is 0. The second-order valence-electron chi connectivity index (χ2n) is 6.31. The van der Waals surface area contributed by atoms with E-state index in [4.69, 9.17) is 4.42 Å². The standard InChI is InChI=1S/C20H21NO3/c1-12(2)14-5-4-6-16(9-14)21-11-15-10-19(23)24-20-13(3)18(22)8-7-17(15)20/h4-10,12,21-22H,11H2,1-3H3. The highest BCUT2D eigenvalue weighted by atomic mass is 16.4. The van der Waals surface area contributed by atoms with Crippen LogP contribution in [0.3, 0.4) is 0 Å². The first-order valence-electron chi connectivity index (χ1n) is 8.05.